The van der Waals surface area contributed by atoms with E-state index in [-0.39, 0.29) is 29.2 Å². The number of hydrogen-bond donors (Lipinski definition) is 0. The van der Waals surface area contributed by atoms with Gasteiger partial charge in [0.15, 0.2) is 0 Å². The first kappa shape index (κ1) is 25.4. The van der Waals surface area contributed by atoms with Gasteiger partial charge in [-0.1, -0.05) is 17.3 Å². The Morgan fingerprint density at radius 1 is 1.08 bits per heavy atom. The molecule has 4 heterocycles. The summed E-state index contributed by atoms with van der Waals surface area (Å²) in [6, 6.07) is 11.5. The third-order valence-corrected chi connectivity index (χ3v) is 6.93. The van der Waals surface area contributed by atoms with Crippen LogP contribution >= 0.6 is 0 Å². The van der Waals surface area contributed by atoms with Crippen molar-refractivity contribution in [2.75, 3.05) is 18.0 Å². The number of pyridine rings is 2. The zero-order chi connectivity index (χ0) is 27.1. The number of hydrogen-bond acceptors (Lipinski definition) is 8. The lowest BCUT2D eigenvalue weighted by atomic mass is 9.98. The lowest BCUT2D eigenvalue weighted by Gasteiger charge is -2.47. The molecule has 1 aliphatic rings. The van der Waals surface area contributed by atoms with Gasteiger partial charge in [-0.15, -0.1) is 0 Å². The number of alkyl halides is 2. The van der Waals surface area contributed by atoms with Crippen LogP contribution in [-0.2, 0) is 7.05 Å². The summed E-state index contributed by atoms with van der Waals surface area (Å²) >= 11 is 0. The van der Waals surface area contributed by atoms with Crippen molar-refractivity contribution in [1.29, 1.82) is 5.26 Å². The van der Waals surface area contributed by atoms with Crippen molar-refractivity contribution in [3.63, 3.8) is 0 Å². The number of fused-ring (bicyclic) bond motifs is 1. The summed E-state index contributed by atoms with van der Waals surface area (Å²) in [5.74, 6) is -1.16. The second-order valence-corrected chi connectivity index (χ2v) is 9.40. The maximum atomic E-state index is 13.7. The fourth-order valence-corrected chi connectivity index (χ4v) is 5.01. The Labute approximate surface area is 215 Å². The van der Waals surface area contributed by atoms with E-state index >= 15 is 0 Å². The molecule has 0 spiro atoms. The molecule has 3 aromatic heterocycles. The number of anilines is 1. The predicted molar refractivity (Wildman–Crippen MR) is 132 cm³/mol. The molecule has 12 heteroatoms. The number of nitriles is 1. The van der Waals surface area contributed by atoms with Crippen LogP contribution in [0.3, 0.4) is 0 Å². The van der Waals surface area contributed by atoms with Gasteiger partial charge in [-0.3, -0.25) is 9.69 Å². The molecule has 1 fully saturated rings. The van der Waals surface area contributed by atoms with Gasteiger partial charge < -0.3 is 14.0 Å². The molecule has 4 aromatic rings. The summed E-state index contributed by atoms with van der Waals surface area (Å²) in [6.07, 6.45) is -2.89. The highest BCUT2D eigenvalue weighted by molar-refractivity contribution is 5.89. The molecule has 38 heavy (non-hydrogen) atoms. The smallest absolute Gasteiger partial charge is 0.300 e. The zero-order valence-electron chi connectivity index (χ0n) is 20.8. The molecule has 0 aliphatic carbocycles. The van der Waals surface area contributed by atoms with Crippen LogP contribution in [0, 0.1) is 17.1 Å². The average molecular weight is 524 g/mol. The maximum absolute atomic E-state index is 13.7. The summed E-state index contributed by atoms with van der Waals surface area (Å²) in [4.78, 5) is 25.3. The molecule has 0 N–H and O–H groups in total. The second-order valence-electron chi connectivity index (χ2n) is 9.40. The SMILES string of the molecule is C[C@@H]1CN(c2cc(=O)n(C)c3ccc(C#N)nc23)[C@@H](C)CN1C(c1ccc(F)cc1)c1nc(C(F)F)no1. The number of rotatable bonds is 5. The average Bonchev–Trinajstić information content (AvgIpc) is 3.39. The molecular weight excluding hydrogens is 499 g/mol. The molecule has 1 unspecified atom stereocenters. The molecule has 5 rings (SSSR count). The van der Waals surface area contributed by atoms with E-state index in [9.17, 15) is 23.2 Å². The number of aryl methyl sites for hydroxylation is 1. The minimum Gasteiger partial charge on any atom is -0.364 e. The monoisotopic (exact) mass is 523 g/mol. The number of aromatic nitrogens is 4. The van der Waals surface area contributed by atoms with Gasteiger partial charge in [-0.25, -0.2) is 18.2 Å². The molecule has 0 bridgehead atoms. The van der Waals surface area contributed by atoms with Gasteiger partial charge in [0, 0.05) is 38.3 Å². The largest absolute Gasteiger partial charge is 0.364 e. The lowest BCUT2D eigenvalue weighted by Crippen LogP contribution is -2.57. The molecule has 0 radical (unpaired) electrons. The predicted octanol–water partition coefficient (Wildman–Crippen LogP) is 3.95. The van der Waals surface area contributed by atoms with E-state index in [2.05, 4.69) is 20.0 Å². The Kier molecular flexibility index (Phi) is 6.62. The lowest BCUT2D eigenvalue weighted by molar-refractivity contribution is 0.109. The van der Waals surface area contributed by atoms with Crippen molar-refractivity contribution in [2.45, 2.75) is 38.4 Å². The van der Waals surface area contributed by atoms with E-state index in [4.69, 9.17) is 4.52 Å². The van der Waals surface area contributed by atoms with Crippen LogP contribution in [0.5, 0.6) is 0 Å². The number of piperazine rings is 1. The van der Waals surface area contributed by atoms with E-state index in [1.54, 1.807) is 31.3 Å². The first-order chi connectivity index (χ1) is 18.2. The first-order valence-electron chi connectivity index (χ1n) is 12.0. The van der Waals surface area contributed by atoms with Gasteiger partial charge in [-0.05, 0) is 43.7 Å². The summed E-state index contributed by atoms with van der Waals surface area (Å²) in [5.41, 5.74) is 2.38. The first-order valence-corrected chi connectivity index (χ1v) is 12.0. The fourth-order valence-electron chi connectivity index (χ4n) is 5.01. The zero-order valence-corrected chi connectivity index (χ0v) is 20.8. The van der Waals surface area contributed by atoms with Crippen molar-refractivity contribution in [1.82, 2.24) is 24.6 Å². The normalized spacial score (nSPS) is 19.2. The van der Waals surface area contributed by atoms with Crippen LogP contribution < -0.4 is 10.5 Å². The minimum absolute atomic E-state index is 0.0150. The highest BCUT2D eigenvalue weighted by Crippen LogP contribution is 2.36. The van der Waals surface area contributed by atoms with Crippen LogP contribution in [0.2, 0.25) is 0 Å². The standard InChI is InChI=1S/C26H24F3N7O2/c1-14-13-36(23(16-4-6-17(27)7-5-16)26-32-25(24(28)29)33-38-26)15(2)12-35(14)20-10-21(37)34(3)19-9-8-18(11-30)31-22(19)20/h4-10,14-15,23-24H,12-13H2,1-3H3/t14-,15+,23?/m0/s1. The van der Waals surface area contributed by atoms with Crippen LogP contribution in [0.25, 0.3) is 11.0 Å². The Morgan fingerprint density at radius 2 is 1.82 bits per heavy atom. The fraction of sp³-hybridized carbons (Fsp3) is 0.346. The molecule has 1 saturated heterocycles. The quantitative estimate of drug-likeness (QED) is 0.387. The van der Waals surface area contributed by atoms with Crippen LogP contribution in [0.4, 0.5) is 18.9 Å². The van der Waals surface area contributed by atoms with E-state index in [0.717, 1.165) is 0 Å². The highest BCUT2D eigenvalue weighted by Gasteiger charge is 2.38. The van der Waals surface area contributed by atoms with Gasteiger partial charge in [0.2, 0.25) is 11.7 Å². The molecule has 1 aliphatic heterocycles. The Bertz CT molecular complexity index is 1580. The molecule has 0 amide bonds. The molecular formula is C26H24F3N7O2. The topological polar surface area (TPSA) is 104 Å². The van der Waals surface area contributed by atoms with Gasteiger partial charge >= 0.3 is 6.43 Å². The summed E-state index contributed by atoms with van der Waals surface area (Å²) < 4.78 is 47.0. The summed E-state index contributed by atoms with van der Waals surface area (Å²) in [7, 11) is 1.65. The van der Waals surface area contributed by atoms with Gasteiger partial charge in [0.1, 0.15) is 29.1 Å². The molecule has 0 saturated carbocycles. The van der Waals surface area contributed by atoms with Crippen molar-refractivity contribution >= 4 is 16.7 Å². The third kappa shape index (κ3) is 4.50. The minimum atomic E-state index is -2.89. The van der Waals surface area contributed by atoms with Crippen molar-refractivity contribution < 1.29 is 17.7 Å². The highest BCUT2D eigenvalue weighted by atomic mass is 19.3. The van der Waals surface area contributed by atoms with E-state index < -0.39 is 24.1 Å². The van der Waals surface area contributed by atoms with Crippen molar-refractivity contribution in [3.8, 4) is 6.07 Å². The van der Waals surface area contributed by atoms with Gasteiger partial charge in [0.25, 0.3) is 5.56 Å². The van der Waals surface area contributed by atoms with Crippen LogP contribution in [0.1, 0.15) is 49.3 Å². The van der Waals surface area contributed by atoms with E-state index in [0.29, 0.717) is 35.4 Å². The molecule has 3 atom stereocenters. The number of nitrogens with zero attached hydrogens (tertiary/aromatic N) is 7. The molecule has 196 valence electrons. The summed E-state index contributed by atoms with van der Waals surface area (Å²) in [5, 5.41) is 12.8. The Hall–Kier alpha value is -4.24. The third-order valence-electron chi connectivity index (χ3n) is 6.93. The molecule has 9 nitrogen and oxygen atoms in total. The Morgan fingerprint density at radius 3 is 2.47 bits per heavy atom. The summed E-state index contributed by atoms with van der Waals surface area (Å²) in [6.45, 7) is 4.79. The number of halogens is 3. The second kappa shape index (κ2) is 9.90. The van der Waals surface area contributed by atoms with Gasteiger partial charge in [0.05, 0.1) is 11.2 Å². The van der Waals surface area contributed by atoms with E-state index in [1.807, 2.05) is 24.8 Å². The van der Waals surface area contributed by atoms with Crippen LogP contribution in [0.15, 0.2) is 51.8 Å². The van der Waals surface area contributed by atoms with E-state index in [1.165, 1.54) is 22.8 Å². The van der Waals surface area contributed by atoms with Gasteiger partial charge in [-0.2, -0.15) is 10.2 Å². The van der Waals surface area contributed by atoms with Crippen LogP contribution in [-0.4, -0.2) is 49.8 Å². The van der Waals surface area contributed by atoms with Crippen molar-refractivity contribution in [3.05, 3.63) is 81.6 Å². The maximum Gasteiger partial charge on any atom is 0.300 e. The Balaban J connectivity index is 1.55. The molecule has 1 aromatic carbocycles. The number of benzene rings is 1. The van der Waals surface area contributed by atoms with Crippen molar-refractivity contribution in [2.24, 2.45) is 7.05 Å².